The molecule has 0 aliphatic heterocycles. The number of rotatable bonds is 6. The molecule has 6 heteroatoms. The number of hydrogen-bond acceptors (Lipinski definition) is 4. The van der Waals surface area contributed by atoms with E-state index in [0.717, 1.165) is 16.8 Å². The van der Waals surface area contributed by atoms with E-state index >= 15 is 0 Å². The van der Waals surface area contributed by atoms with E-state index in [4.69, 9.17) is 4.42 Å². The summed E-state index contributed by atoms with van der Waals surface area (Å²) in [5, 5.41) is 7.20. The van der Waals surface area contributed by atoms with Crippen LogP contribution >= 0.6 is 0 Å². The Morgan fingerprint density at radius 1 is 1.11 bits per heavy atom. The largest absolute Gasteiger partial charge is 0.437 e. The number of aromatic nitrogens is 3. The maximum Gasteiger partial charge on any atom is 0.244 e. The third-order valence-electron chi connectivity index (χ3n) is 4.06. The number of nitrogens with zero attached hydrogens (tertiary/aromatic N) is 3. The number of nitrogens with one attached hydrogen (secondary N) is 1. The predicted octanol–water partition coefficient (Wildman–Crippen LogP) is 3.39. The minimum absolute atomic E-state index is 0.187. The SMILES string of the molecule is O=C(/C=C/c1nc2ccccc2o1)NCCc1cnn(-c2ccccc2)c1. The van der Waals surface area contributed by atoms with Crippen LogP contribution in [0.3, 0.4) is 0 Å². The van der Waals surface area contributed by atoms with Crippen LogP contribution in [0.1, 0.15) is 11.5 Å². The summed E-state index contributed by atoms with van der Waals surface area (Å²) in [4.78, 5) is 16.3. The number of amides is 1. The number of benzene rings is 2. The molecule has 134 valence electrons. The number of carbonyl (C=O) groups is 1. The van der Waals surface area contributed by atoms with Crippen LogP contribution in [-0.4, -0.2) is 27.2 Å². The minimum Gasteiger partial charge on any atom is -0.437 e. The molecule has 0 fully saturated rings. The molecule has 0 bridgehead atoms. The molecule has 4 rings (SSSR count). The van der Waals surface area contributed by atoms with Gasteiger partial charge in [0.05, 0.1) is 11.9 Å². The van der Waals surface area contributed by atoms with E-state index in [1.165, 1.54) is 6.08 Å². The van der Waals surface area contributed by atoms with E-state index in [0.29, 0.717) is 24.4 Å². The summed E-state index contributed by atoms with van der Waals surface area (Å²) in [5.74, 6) is 0.225. The lowest BCUT2D eigenvalue weighted by atomic mass is 10.2. The van der Waals surface area contributed by atoms with E-state index in [1.54, 1.807) is 6.08 Å². The van der Waals surface area contributed by atoms with Crippen LogP contribution in [0.2, 0.25) is 0 Å². The lowest BCUT2D eigenvalue weighted by molar-refractivity contribution is -0.116. The van der Waals surface area contributed by atoms with Crippen molar-refractivity contribution < 1.29 is 9.21 Å². The summed E-state index contributed by atoms with van der Waals surface area (Å²) in [6, 6.07) is 17.4. The number of carbonyl (C=O) groups excluding carboxylic acids is 1. The fourth-order valence-electron chi connectivity index (χ4n) is 2.71. The van der Waals surface area contributed by atoms with Crippen LogP contribution in [0.15, 0.2) is 77.5 Å². The number of oxazole rings is 1. The molecule has 0 spiro atoms. The minimum atomic E-state index is -0.187. The zero-order valence-electron chi connectivity index (χ0n) is 14.6. The zero-order valence-corrected chi connectivity index (χ0v) is 14.6. The number of para-hydroxylation sites is 3. The van der Waals surface area contributed by atoms with Gasteiger partial charge in [-0.2, -0.15) is 5.10 Å². The van der Waals surface area contributed by atoms with Gasteiger partial charge in [-0.05, 0) is 36.2 Å². The van der Waals surface area contributed by atoms with Gasteiger partial charge in [0.15, 0.2) is 5.58 Å². The molecular formula is C21H18N4O2. The van der Waals surface area contributed by atoms with Gasteiger partial charge in [-0.3, -0.25) is 4.79 Å². The summed E-state index contributed by atoms with van der Waals surface area (Å²) in [7, 11) is 0. The summed E-state index contributed by atoms with van der Waals surface area (Å²) in [5.41, 5.74) is 3.54. The van der Waals surface area contributed by atoms with Gasteiger partial charge in [-0.25, -0.2) is 9.67 Å². The maximum absolute atomic E-state index is 12.0. The monoisotopic (exact) mass is 358 g/mol. The standard InChI is InChI=1S/C21H18N4O2/c26-20(10-11-21-24-18-8-4-5-9-19(18)27-21)22-13-12-16-14-23-25(15-16)17-6-2-1-3-7-17/h1-11,14-15H,12-13H2,(H,22,26)/b11-10+. The second kappa shape index (κ2) is 7.70. The Morgan fingerprint density at radius 2 is 1.93 bits per heavy atom. The Kier molecular flexibility index (Phi) is 4.78. The van der Waals surface area contributed by atoms with Crippen molar-refractivity contribution in [3.8, 4) is 5.69 Å². The maximum atomic E-state index is 12.0. The van der Waals surface area contributed by atoms with Crippen molar-refractivity contribution in [2.45, 2.75) is 6.42 Å². The van der Waals surface area contributed by atoms with Crippen LogP contribution in [0.5, 0.6) is 0 Å². The van der Waals surface area contributed by atoms with E-state index in [2.05, 4.69) is 15.4 Å². The summed E-state index contributed by atoms with van der Waals surface area (Å²) in [6.07, 6.45) is 7.49. The summed E-state index contributed by atoms with van der Waals surface area (Å²) >= 11 is 0. The third kappa shape index (κ3) is 4.12. The highest BCUT2D eigenvalue weighted by Crippen LogP contribution is 2.15. The van der Waals surface area contributed by atoms with E-state index in [9.17, 15) is 4.79 Å². The normalized spacial score (nSPS) is 11.3. The molecule has 1 amide bonds. The first-order valence-electron chi connectivity index (χ1n) is 8.68. The number of fused-ring (bicyclic) bond motifs is 1. The molecule has 2 aromatic heterocycles. The van der Waals surface area contributed by atoms with Crippen LogP contribution in [0, 0.1) is 0 Å². The van der Waals surface area contributed by atoms with Gasteiger partial charge in [-0.1, -0.05) is 30.3 Å². The average molecular weight is 358 g/mol. The lowest BCUT2D eigenvalue weighted by Crippen LogP contribution is -2.23. The van der Waals surface area contributed by atoms with Crippen molar-refractivity contribution in [1.29, 1.82) is 0 Å². The van der Waals surface area contributed by atoms with E-state index < -0.39 is 0 Å². The molecule has 0 radical (unpaired) electrons. The van der Waals surface area contributed by atoms with Gasteiger partial charge in [0.1, 0.15) is 5.52 Å². The van der Waals surface area contributed by atoms with Crippen molar-refractivity contribution in [3.63, 3.8) is 0 Å². The van der Waals surface area contributed by atoms with Crippen molar-refractivity contribution in [3.05, 3.63) is 84.5 Å². The smallest absolute Gasteiger partial charge is 0.244 e. The van der Waals surface area contributed by atoms with Crippen molar-refractivity contribution in [1.82, 2.24) is 20.1 Å². The molecular weight excluding hydrogens is 340 g/mol. The van der Waals surface area contributed by atoms with E-state index in [1.807, 2.05) is 71.7 Å². The fraction of sp³-hybridized carbons (Fsp3) is 0.0952. The highest BCUT2D eigenvalue weighted by molar-refractivity contribution is 5.91. The second-order valence-electron chi connectivity index (χ2n) is 6.02. The van der Waals surface area contributed by atoms with Crippen molar-refractivity contribution in [2.75, 3.05) is 6.54 Å². The average Bonchev–Trinajstić information content (AvgIpc) is 3.34. The summed E-state index contributed by atoms with van der Waals surface area (Å²) in [6.45, 7) is 0.525. The van der Waals surface area contributed by atoms with Gasteiger partial charge in [0, 0.05) is 24.9 Å². The first-order chi connectivity index (χ1) is 13.3. The van der Waals surface area contributed by atoms with Gasteiger partial charge in [-0.15, -0.1) is 0 Å². The third-order valence-corrected chi connectivity index (χ3v) is 4.06. The summed E-state index contributed by atoms with van der Waals surface area (Å²) < 4.78 is 7.37. The Bertz CT molecular complexity index is 1050. The quantitative estimate of drug-likeness (QED) is 0.536. The van der Waals surface area contributed by atoms with Gasteiger partial charge in [0.25, 0.3) is 0 Å². The van der Waals surface area contributed by atoms with Gasteiger partial charge >= 0.3 is 0 Å². The Morgan fingerprint density at radius 3 is 2.78 bits per heavy atom. The Hall–Kier alpha value is -3.67. The molecule has 1 N–H and O–H groups in total. The first kappa shape index (κ1) is 16.8. The topological polar surface area (TPSA) is 73.0 Å². The lowest BCUT2D eigenvalue weighted by Gasteiger charge is -2.00. The fourth-order valence-corrected chi connectivity index (χ4v) is 2.71. The molecule has 0 saturated carbocycles. The van der Waals surface area contributed by atoms with Gasteiger partial charge in [0.2, 0.25) is 11.8 Å². The van der Waals surface area contributed by atoms with Crippen LogP contribution < -0.4 is 5.32 Å². The number of hydrogen-bond donors (Lipinski definition) is 1. The van der Waals surface area contributed by atoms with Crippen LogP contribution in [0.25, 0.3) is 22.9 Å². The Balaban J connectivity index is 1.29. The second-order valence-corrected chi connectivity index (χ2v) is 6.02. The highest BCUT2D eigenvalue weighted by atomic mass is 16.3. The molecule has 0 unspecified atom stereocenters. The highest BCUT2D eigenvalue weighted by Gasteiger charge is 2.04. The molecule has 6 nitrogen and oxygen atoms in total. The molecule has 0 aliphatic carbocycles. The Labute approximate surface area is 156 Å². The molecule has 2 aromatic carbocycles. The van der Waals surface area contributed by atoms with Gasteiger partial charge < -0.3 is 9.73 Å². The molecule has 27 heavy (non-hydrogen) atoms. The molecule has 2 heterocycles. The molecule has 0 saturated heterocycles. The molecule has 4 aromatic rings. The van der Waals surface area contributed by atoms with Crippen LogP contribution in [0.4, 0.5) is 0 Å². The van der Waals surface area contributed by atoms with Crippen molar-refractivity contribution >= 4 is 23.1 Å². The first-order valence-corrected chi connectivity index (χ1v) is 8.68. The molecule has 0 atom stereocenters. The molecule has 0 aliphatic rings. The van der Waals surface area contributed by atoms with Crippen molar-refractivity contribution in [2.24, 2.45) is 0 Å². The zero-order chi connectivity index (χ0) is 18.5. The van der Waals surface area contributed by atoms with Crippen LogP contribution in [-0.2, 0) is 11.2 Å². The van der Waals surface area contributed by atoms with E-state index in [-0.39, 0.29) is 5.91 Å². The predicted molar refractivity (Wildman–Crippen MR) is 103 cm³/mol.